The molecule has 160 valence electrons. The number of carbonyl (C=O) groups is 1. The first kappa shape index (κ1) is 20.9. The lowest BCUT2D eigenvalue weighted by atomic mass is 10.1. The summed E-state index contributed by atoms with van der Waals surface area (Å²) in [6.45, 7) is 0. The molecule has 3 aromatic carbocycles. The normalized spacial score (nSPS) is 10.9. The van der Waals surface area contributed by atoms with E-state index in [0.29, 0.717) is 28.4 Å². The van der Waals surface area contributed by atoms with E-state index in [1.165, 1.54) is 10.6 Å². The fourth-order valence-corrected chi connectivity index (χ4v) is 3.38. The van der Waals surface area contributed by atoms with Gasteiger partial charge in [0.2, 0.25) is 0 Å². The highest BCUT2D eigenvalue weighted by Gasteiger charge is 2.12. The average Bonchev–Trinajstić information content (AvgIpc) is 3.24. The van der Waals surface area contributed by atoms with Crippen molar-refractivity contribution in [2.45, 2.75) is 0 Å². The van der Waals surface area contributed by atoms with Crippen LogP contribution in [0.4, 0.5) is 0 Å². The van der Waals surface area contributed by atoms with E-state index < -0.39 is 0 Å². The van der Waals surface area contributed by atoms with Crippen molar-refractivity contribution in [1.82, 2.24) is 9.55 Å². The molecule has 0 fully saturated rings. The van der Waals surface area contributed by atoms with Gasteiger partial charge in [0.15, 0.2) is 17.3 Å². The number of ketones is 1. The smallest absolute Gasteiger partial charge is 0.330 e. The first-order chi connectivity index (χ1) is 15.6. The third-order valence-electron chi connectivity index (χ3n) is 5.05. The second-order valence-electron chi connectivity index (χ2n) is 7.07. The van der Waals surface area contributed by atoms with E-state index in [1.807, 2.05) is 36.4 Å². The number of methoxy groups -OCH3 is 2. The zero-order valence-corrected chi connectivity index (χ0v) is 17.7. The molecular weight excluding hydrogens is 404 g/mol. The van der Waals surface area contributed by atoms with Gasteiger partial charge in [0.25, 0.3) is 0 Å². The fraction of sp³-hybridized carbons (Fsp3) is 0.0769. The molecule has 0 aliphatic carbocycles. The Kier molecular flexibility index (Phi) is 6.03. The maximum Gasteiger partial charge on any atom is 0.330 e. The molecule has 0 spiro atoms. The summed E-state index contributed by atoms with van der Waals surface area (Å²) in [4.78, 5) is 28.1. The van der Waals surface area contributed by atoms with Gasteiger partial charge in [0, 0.05) is 17.3 Å². The van der Waals surface area contributed by atoms with Crippen molar-refractivity contribution >= 4 is 11.9 Å². The summed E-state index contributed by atoms with van der Waals surface area (Å²) >= 11 is 0. The Hall–Kier alpha value is -4.32. The van der Waals surface area contributed by atoms with Gasteiger partial charge in [-0.3, -0.25) is 9.36 Å². The number of nitrogens with one attached hydrogen (secondary N) is 1. The molecule has 0 aliphatic heterocycles. The van der Waals surface area contributed by atoms with Crippen LogP contribution in [0, 0.1) is 0 Å². The van der Waals surface area contributed by atoms with Gasteiger partial charge in [0.1, 0.15) is 0 Å². The number of aromatic amines is 1. The molecule has 6 heteroatoms. The summed E-state index contributed by atoms with van der Waals surface area (Å²) in [7, 11) is 3.13. The van der Waals surface area contributed by atoms with Crippen LogP contribution in [0.15, 0.2) is 89.9 Å². The molecule has 0 aliphatic rings. The lowest BCUT2D eigenvalue weighted by Gasteiger charge is -2.08. The molecule has 0 saturated carbocycles. The van der Waals surface area contributed by atoms with Gasteiger partial charge in [-0.25, -0.2) is 4.79 Å². The Morgan fingerprint density at radius 2 is 1.69 bits per heavy atom. The van der Waals surface area contributed by atoms with Crippen LogP contribution in [0.25, 0.3) is 23.0 Å². The molecule has 0 atom stereocenters. The molecule has 0 amide bonds. The second kappa shape index (κ2) is 9.22. The van der Waals surface area contributed by atoms with E-state index >= 15 is 0 Å². The number of benzene rings is 3. The number of ether oxygens (including phenoxy) is 2. The van der Waals surface area contributed by atoms with Crippen LogP contribution < -0.4 is 15.2 Å². The van der Waals surface area contributed by atoms with Crippen molar-refractivity contribution < 1.29 is 14.3 Å². The molecule has 6 nitrogen and oxygen atoms in total. The minimum Gasteiger partial charge on any atom is -0.493 e. The van der Waals surface area contributed by atoms with Gasteiger partial charge in [-0.1, -0.05) is 48.5 Å². The topological polar surface area (TPSA) is 73.3 Å². The first-order valence-corrected chi connectivity index (χ1v) is 10.0. The molecule has 1 heterocycles. The molecule has 32 heavy (non-hydrogen) atoms. The van der Waals surface area contributed by atoms with E-state index in [0.717, 1.165) is 11.1 Å². The predicted octanol–water partition coefficient (Wildman–Crippen LogP) is 4.75. The third-order valence-corrected chi connectivity index (χ3v) is 5.05. The molecule has 4 rings (SSSR count). The Balaban J connectivity index is 1.63. The van der Waals surface area contributed by atoms with Crippen LogP contribution in [0.2, 0.25) is 0 Å². The van der Waals surface area contributed by atoms with E-state index in [1.54, 1.807) is 62.9 Å². The minimum atomic E-state index is -0.306. The Morgan fingerprint density at radius 1 is 0.906 bits per heavy atom. The Morgan fingerprint density at radius 3 is 2.44 bits per heavy atom. The second-order valence-corrected chi connectivity index (χ2v) is 7.07. The van der Waals surface area contributed by atoms with Crippen LogP contribution in [0.1, 0.15) is 15.9 Å². The predicted molar refractivity (Wildman–Crippen MR) is 125 cm³/mol. The van der Waals surface area contributed by atoms with Gasteiger partial charge in [0.05, 0.1) is 25.6 Å². The monoisotopic (exact) mass is 426 g/mol. The largest absolute Gasteiger partial charge is 0.493 e. The van der Waals surface area contributed by atoms with Gasteiger partial charge in [-0.15, -0.1) is 0 Å². The SMILES string of the molecule is COc1ccc(-c2cn(-c3cccc(C(=O)/C=C/c4ccccc4)c3)c(=O)[nH]2)cc1OC. The van der Waals surface area contributed by atoms with E-state index in [4.69, 9.17) is 9.47 Å². The quantitative estimate of drug-likeness (QED) is 0.342. The number of nitrogens with zero attached hydrogens (tertiary/aromatic N) is 1. The molecule has 1 aromatic heterocycles. The summed E-state index contributed by atoms with van der Waals surface area (Å²) in [5.74, 6) is 1.03. The number of imidazole rings is 1. The zero-order valence-electron chi connectivity index (χ0n) is 17.7. The molecule has 0 saturated heterocycles. The fourth-order valence-electron chi connectivity index (χ4n) is 3.38. The number of H-pyrrole nitrogens is 1. The van der Waals surface area contributed by atoms with Crippen LogP contribution in [0.5, 0.6) is 11.5 Å². The number of hydrogen-bond donors (Lipinski definition) is 1. The molecule has 0 radical (unpaired) electrons. The standard InChI is InChI=1S/C26H22N2O4/c1-31-24-14-12-19(16-25(24)32-2)22-17-28(26(30)27-22)21-10-6-9-20(15-21)23(29)13-11-18-7-4-3-5-8-18/h3-17H,1-2H3,(H,27,30)/b13-11+. The summed E-state index contributed by atoms with van der Waals surface area (Å²) in [6.07, 6.45) is 5.00. The highest BCUT2D eigenvalue weighted by molar-refractivity contribution is 6.07. The molecular formula is C26H22N2O4. The van der Waals surface area contributed by atoms with Crippen molar-refractivity contribution in [2.24, 2.45) is 0 Å². The van der Waals surface area contributed by atoms with Crippen LogP contribution in [-0.4, -0.2) is 29.6 Å². The van der Waals surface area contributed by atoms with Crippen molar-refractivity contribution in [3.63, 3.8) is 0 Å². The number of allylic oxidation sites excluding steroid dienone is 1. The molecule has 0 unspecified atom stereocenters. The van der Waals surface area contributed by atoms with Crippen LogP contribution in [0.3, 0.4) is 0 Å². The Bertz CT molecular complexity index is 1330. The van der Waals surface area contributed by atoms with Gasteiger partial charge < -0.3 is 14.5 Å². The summed E-state index contributed by atoms with van der Waals surface area (Å²) in [5, 5.41) is 0. The maximum absolute atomic E-state index is 12.6. The molecule has 1 N–H and O–H groups in total. The Labute approximate surface area is 185 Å². The first-order valence-electron chi connectivity index (χ1n) is 10.0. The van der Waals surface area contributed by atoms with Gasteiger partial charge >= 0.3 is 5.69 Å². The van der Waals surface area contributed by atoms with Crippen molar-refractivity contribution in [3.05, 3.63) is 107 Å². The van der Waals surface area contributed by atoms with Crippen LogP contribution in [-0.2, 0) is 0 Å². The van der Waals surface area contributed by atoms with Gasteiger partial charge in [-0.2, -0.15) is 0 Å². The van der Waals surface area contributed by atoms with Crippen molar-refractivity contribution in [3.8, 4) is 28.4 Å². The highest BCUT2D eigenvalue weighted by atomic mass is 16.5. The van der Waals surface area contributed by atoms with Crippen LogP contribution >= 0.6 is 0 Å². The summed E-state index contributed by atoms with van der Waals surface area (Å²) < 4.78 is 12.1. The molecule has 0 bridgehead atoms. The van der Waals surface area contributed by atoms with E-state index in [2.05, 4.69) is 4.98 Å². The summed E-state index contributed by atoms with van der Waals surface area (Å²) in [5.41, 5.74) is 3.12. The highest BCUT2D eigenvalue weighted by Crippen LogP contribution is 2.31. The van der Waals surface area contributed by atoms with E-state index in [9.17, 15) is 9.59 Å². The zero-order chi connectivity index (χ0) is 22.5. The maximum atomic E-state index is 12.6. The number of carbonyl (C=O) groups excluding carboxylic acids is 1. The van der Waals surface area contributed by atoms with Gasteiger partial charge in [-0.05, 0) is 42.0 Å². The lowest BCUT2D eigenvalue weighted by Crippen LogP contribution is -2.14. The average molecular weight is 426 g/mol. The number of aromatic nitrogens is 2. The lowest BCUT2D eigenvalue weighted by molar-refractivity contribution is 0.104. The van der Waals surface area contributed by atoms with Crippen molar-refractivity contribution in [1.29, 1.82) is 0 Å². The number of rotatable bonds is 7. The molecule has 4 aromatic rings. The summed E-state index contributed by atoms with van der Waals surface area (Å²) in [6, 6.07) is 22.0. The van der Waals surface area contributed by atoms with E-state index in [-0.39, 0.29) is 11.5 Å². The van der Waals surface area contributed by atoms with Crippen molar-refractivity contribution in [2.75, 3.05) is 14.2 Å². The number of hydrogen-bond acceptors (Lipinski definition) is 4. The third kappa shape index (κ3) is 4.39. The minimum absolute atomic E-state index is 0.139.